The molecular weight excluding hydrogens is 264 g/mol. The lowest BCUT2D eigenvalue weighted by Crippen LogP contribution is -2.29. The van der Waals surface area contributed by atoms with E-state index in [-0.39, 0.29) is 5.91 Å². The van der Waals surface area contributed by atoms with Gasteiger partial charge >= 0.3 is 0 Å². The molecule has 0 saturated carbocycles. The second-order valence-electron chi connectivity index (χ2n) is 5.22. The SMILES string of the molecule is COc1ccc([C@H]2CCN(C(=O)c3ccccn3)C2)cc1. The van der Waals surface area contributed by atoms with Crippen LogP contribution in [0.3, 0.4) is 0 Å². The van der Waals surface area contributed by atoms with Crippen LogP contribution in [-0.4, -0.2) is 36.0 Å². The van der Waals surface area contributed by atoms with Crippen LogP contribution in [-0.2, 0) is 0 Å². The van der Waals surface area contributed by atoms with Crippen molar-refractivity contribution in [2.24, 2.45) is 0 Å². The molecule has 21 heavy (non-hydrogen) atoms. The molecule has 2 heterocycles. The highest BCUT2D eigenvalue weighted by molar-refractivity contribution is 5.92. The van der Waals surface area contributed by atoms with E-state index in [1.165, 1.54) is 5.56 Å². The number of benzene rings is 1. The van der Waals surface area contributed by atoms with Crippen molar-refractivity contribution in [2.75, 3.05) is 20.2 Å². The van der Waals surface area contributed by atoms with E-state index in [4.69, 9.17) is 4.74 Å². The molecule has 4 nitrogen and oxygen atoms in total. The summed E-state index contributed by atoms with van der Waals surface area (Å²) in [6, 6.07) is 13.5. The summed E-state index contributed by atoms with van der Waals surface area (Å²) < 4.78 is 5.18. The molecular formula is C17H18N2O2. The number of carbonyl (C=O) groups excluding carboxylic acids is 1. The van der Waals surface area contributed by atoms with Gasteiger partial charge in [0.05, 0.1) is 7.11 Å². The maximum absolute atomic E-state index is 12.4. The Kier molecular flexibility index (Phi) is 3.86. The van der Waals surface area contributed by atoms with Crippen molar-refractivity contribution in [1.82, 2.24) is 9.88 Å². The molecule has 4 heteroatoms. The van der Waals surface area contributed by atoms with Gasteiger partial charge in [-0.25, -0.2) is 0 Å². The minimum absolute atomic E-state index is 0.0200. The number of aromatic nitrogens is 1. The first-order valence-corrected chi connectivity index (χ1v) is 7.12. The van der Waals surface area contributed by atoms with E-state index in [1.807, 2.05) is 29.2 Å². The Hall–Kier alpha value is -2.36. The van der Waals surface area contributed by atoms with E-state index < -0.39 is 0 Å². The lowest BCUT2D eigenvalue weighted by molar-refractivity contribution is 0.0785. The van der Waals surface area contributed by atoms with Crippen LogP contribution in [0.5, 0.6) is 5.75 Å². The first kappa shape index (κ1) is 13.6. The molecule has 0 aliphatic carbocycles. The number of methoxy groups -OCH3 is 1. The average Bonchev–Trinajstić information content (AvgIpc) is 3.05. The minimum atomic E-state index is 0.0200. The molecule has 0 unspecified atom stereocenters. The van der Waals surface area contributed by atoms with Crippen LogP contribution in [0.2, 0.25) is 0 Å². The third-order valence-corrected chi connectivity index (χ3v) is 3.95. The Labute approximate surface area is 124 Å². The molecule has 0 spiro atoms. The van der Waals surface area contributed by atoms with Crippen molar-refractivity contribution >= 4 is 5.91 Å². The average molecular weight is 282 g/mol. The summed E-state index contributed by atoms with van der Waals surface area (Å²) in [4.78, 5) is 18.4. The number of nitrogens with zero attached hydrogens (tertiary/aromatic N) is 2. The maximum atomic E-state index is 12.4. The molecule has 1 aromatic heterocycles. The molecule has 1 fully saturated rings. The Bertz CT molecular complexity index is 610. The van der Waals surface area contributed by atoms with Crippen molar-refractivity contribution < 1.29 is 9.53 Å². The van der Waals surface area contributed by atoms with Crippen LogP contribution in [0.25, 0.3) is 0 Å². The molecule has 1 saturated heterocycles. The van der Waals surface area contributed by atoms with E-state index in [9.17, 15) is 4.79 Å². The van der Waals surface area contributed by atoms with Crippen molar-refractivity contribution in [3.05, 3.63) is 59.9 Å². The third kappa shape index (κ3) is 2.89. The number of hydrogen-bond acceptors (Lipinski definition) is 3. The third-order valence-electron chi connectivity index (χ3n) is 3.95. The van der Waals surface area contributed by atoms with Gasteiger partial charge in [-0.1, -0.05) is 18.2 Å². The van der Waals surface area contributed by atoms with E-state index in [0.29, 0.717) is 11.6 Å². The number of pyridine rings is 1. The lowest BCUT2D eigenvalue weighted by Gasteiger charge is -2.16. The molecule has 2 aromatic rings. The molecule has 1 amide bonds. The minimum Gasteiger partial charge on any atom is -0.497 e. The highest BCUT2D eigenvalue weighted by Crippen LogP contribution is 2.29. The van der Waals surface area contributed by atoms with Crippen molar-refractivity contribution in [3.63, 3.8) is 0 Å². The zero-order valence-corrected chi connectivity index (χ0v) is 12.0. The van der Waals surface area contributed by atoms with E-state index in [0.717, 1.165) is 25.3 Å². The molecule has 1 aliphatic heterocycles. The second-order valence-corrected chi connectivity index (χ2v) is 5.22. The Morgan fingerprint density at radius 3 is 2.71 bits per heavy atom. The standard InChI is InChI=1S/C17H18N2O2/c1-21-15-7-5-13(6-8-15)14-9-11-19(12-14)17(20)16-4-2-3-10-18-16/h2-8,10,14H,9,11-12H2,1H3/t14-/m0/s1. The summed E-state index contributed by atoms with van der Waals surface area (Å²) in [6.45, 7) is 1.54. The zero-order chi connectivity index (χ0) is 14.7. The van der Waals surface area contributed by atoms with Crippen LogP contribution < -0.4 is 4.74 Å². The van der Waals surface area contributed by atoms with Gasteiger partial charge in [-0.2, -0.15) is 0 Å². The van der Waals surface area contributed by atoms with Gasteiger partial charge in [-0.3, -0.25) is 9.78 Å². The van der Waals surface area contributed by atoms with Crippen LogP contribution >= 0.6 is 0 Å². The second kappa shape index (κ2) is 5.95. The summed E-state index contributed by atoms with van der Waals surface area (Å²) in [7, 11) is 1.66. The largest absolute Gasteiger partial charge is 0.497 e. The fourth-order valence-electron chi connectivity index (χ4n) is 2.74. The molecule has 1 aromatic carbocycles. The summed E-state index contributed by atoms with van der Waals surface area (Å²) in [6.07, 6.45) is 2.65. The molecule has 1 atom stereocenters. The zero-order valence-electron chi connectivity index (χ0n) is 12.0. The predicted molar refractivity (Wildman–Crippen MR) is 80.5 cm³/mol. The fourth-order valence-corrected chi connectivity index (χ4v) is 2.74. The smallest absolute Gasteiger partial charge is 0.272 e. The number of ether oxygens (including phenoxy) is 1. The molecule has 0 N–H and O–H groups in total. The van der Waals surface area contributed by atoms with E-state index in [2.05, 4.69) is 17.1 Å². The monoisotopic (exact) mass is 282 g/mol. The Morgan fingerprint density at radius 1 is 1.24 bits per heavy atom. The van der Waals surface area contributed by atoms with Gasteiger partial charge < -0.3 is 9.64 Å². The van der Waals surface area contributed by atoms with Crippen molar-refractivity contribution in [1.29, 1.82) is 0 Å². The molecule has 0 bridgehead atoms. The van der Waals surface area contributed by atoms with Gasteiger partial charge in [0.25, 0.3) is 5.91 Å². The van der Waals surface area contributed by atoms with Crippen molar-refractivity contribution in [2.45, 2.75) is 12.3 Å². The normalized spacial score (nSPS) is 17.8. The van der Waals surface area contributed by atoms with E-state index >= 15 is 0 Å². The van der Waals surface area contributed by atoms with Gasteiger partial charge in [-0.15, -0.1) is 0 Å². The van der Waals surface area contributed by atoms with Crippen molar-refractivity contribution in [3.8, 4) is 5.75 Å². The lowest BCUT2D eigenvalue weighted by atomic mass is 9.98. The molecule has 108 valence electrons. The molecule has 1 aliphatic rings. The van der Waals surface area contributed by atoms with Gasteiger partial charge in [0.1, 0.15) is 11.4 Å². The van der Waals surface area contributed by atoms with Gasteiger partial charge in [-0.05, 0) is 36.2 Å². The van der Waals surface area contributed by atoms with Crippen LogP contribution in [0, 0.1) is 0 Å². The summed E-state index contributed by atoms with van der Waals surface area (Å²) >= 11 is 0. The number of rotatable bonds is 3. The number of hydrogen-bond donors (Lipinski definition) is 0. The highest BCUT2D eigenvalue weighted by Gasteiger charge is 2.28. The maximum Gasteiger partial charge on any atom is 0.272 e. The van der Waals surface area contributed by atoms with Gasteiger partial charge in [0.2, 0.25) is 0 Å². The topological polar surface area (TPSA) is 42.4 Å². The van der Waals surface area contributed by atoms with Gasteiger partial charge in [0, 0.05) is 25.2 Å². The fraction of sp³-hybridized carbons (Fsp3) is 0.294. The van der Waals surface area contributed by atoms with Crippen LogP contribution in [0.15, 0.2) is 48.7 Å². The summed E-state index contributed by atoms with van der Waals surface area (Å²) in [5.74, 6) is 1.27. The Balaban J connectivity index is 1.69. The predicted octanol–water partition coefficient (Wildman–Crippen LogP) is 2.72. The van der Waals surface area contributed by atoms with E-state index in [1.54, 1.807) is 19.4 Å². The number of amides is 1. The number of carbonyl (C=O) groups is 1. The van der Waals surface area contributed by atoms with Crippen LogP contribution in [0.1, 0.15) is 28.4 Å². The quantitative estimate of drug-likeness (QED) is 0.869. The summed E-state index contributed by atoms with van der Waals surface area (Å²) in [5.41, 5.74) is 1.78. The molecule has 0 radical (unpaired) electrons. The Morgan fingerprint density at radius 2 is 2.05 bits per heavy atom. The summed E-state index contributed by atoms with van der Waals surface area (Å²) in [5, 5.41) is 0. The first-order valence-electron chi connectivity index (χ1n) is 7.12. The number of likely N-dealkylation sites (tertiary alicyclic amines) is 1. The highest BCUT2D eigenvalue weighted by atomic mass is 16.5. The molecule has 3 rings (SSSR count). The first-order chi connectivity index (χ1) is 10.3. The van der Waals surface area contributed by atoms with Crippen LogP contribution in [0.4, 0.5) is 0 Å². The van der Waals surface area contributed by atoms with Gasteiger partial charge in [0.15, 0.2) is 0 Å².